The van der Waals surface area contributed by atoms with Gasteiger partial charge in [0.2, 0.25) is 0 Å². The van der Waals surface area contributed by atoms with Gasteiger partial charge >= 0.3 is 11.9 Å². The Hall–Kier alpha value is -1.50. The predicted octanol–water partition coefficient (Wildman–Crippen LogP) is 2.50. The number of ether oxygens (including phenoxy) is 7. The molecule has 8 aliphatic rings. The Balaban J connectivity index is 1.13. The SMILES string of the molecule is CC(=O)O[C@@H]1[C@@H](OC(C)=O)[C@H](O[C@H]2CC[C@]34C[C@]35CC[C@]3(C)[C@@H]([C@]6(C)CC[C@H](C(C)(C)O)O6)[C@@H](O)C[C@@]3(C)[C@@H]5C[C@H](O[C@@H]3OC[C@@H](O)[C@H](O)[C@H]3O)[C@H]4C2(C)C)OC[C@H]1O. The first-order chi connectivity index (χ1) is 27.3. The van der Waals surface area contributed by atoms with E-state index in [0.717, 1.165) is 32.1 Å². The minimum Gasteiger partial charge on any atom is -0.455 e. The monoisotopic (exact) mass is 838 g/mol. The van der Waals surface area contributed by atoms with Gasteiger partial charge in [-0.2, -0.15) is 0 Å². The van der Waals surface area contributed by atoms with E-state index in [-0.39, 0.29) is 58.7 Å². The number of aliphatic hydroxyl groups is 6. The summed E-state index contributed by atoms with van der Waals surface area (Å²) in [7, 11) is 0. The fourth-order valence-corrected chi connectivity index (χ4v) is 15.2. The van der Waals surface area contributed by atoms with E-state index in [1.807, 2.05) is 0 Å². The van der Waals surface area contributed by atoms with E-state index in [1.165, 1.54) is 13.8 Å². The third-order valence-electron chi connectivity index (χ3n) is 17.8. The molecular weight excluding hydrogens is 768 g/mol. The Morgan fingerprint density at radius 1 is 0.695 bits per heavy atom. The maximum absolute atomic E-state index is 12.3. The van der Waals surface area contributed by atoms with Gasteiger partial charge in [0, 0.05) is 19.8 Å². The minimum atomic E-state index is -1.49. The first kappa shape index (κ1) is 44.1. The zero-order chi connectivity index (χ0) is 43.0. The summed E-state index contributed by atoms with van der Waals surface area (Å²) in [5.41, 5.74) is -3.16. The van der Waals surface area contributed by atoms with Crippen molar-refractivity contribution in [2.45, 2.75) is 205 Å². The molecule has 3 aliphatic heterocycles. The first-order valence-corrected chi connectivity index (χ1v) is 22.0. The molecule has 20 atom stereocenters. The summed E-state index contributed by atoms with van der Waals surface area (Å²) < 4.78 is 43.5. The van der Waals surface area contributed by atoms with Gasteiger partial charge < -0.3 is 63.8 Å². The Labute approximate surface area is 347 Å². The highest BCUT2D eigenvalue weighted by atomic mass is 16.7. The molecule has 3 saturated heterocycles. The molecule has 0 aromatic heterocycles. The van der Waals surface area contributed by atoms with Gasteiger partial charge in [0.25, 0.3) is 0 Å². The van der Waals surface area contributed by atoms with Gasteiger partial charge in [0.1, 0.15) is 24.4 Å². The van der Waals surface area contributed by atoms with Crippen molar-refractivity contribution in [1.82, 2.24) is 0 Å². The van der Waals surface area contributed by atoms with Crippen LogP contribution in [0.25, 0.3) is 0 Å². The van der Waals surface area contributed by atoms with E-state index >= 15 is 0 Å². The number of esters is 2. The van der Waals surface area contributed by atoms with Crippen LogP contribution in [-0.4, -0.2) is 141 Å². The molecule has 0 aromatic rings. The summed E-state index contributed by atoms with van der Waals surface area (Å²) in [5, 5.41) is 66.3. The lowest BCUT2D eigenvalue weighted by molar-refractivity contribution is -0.327. The molecule has 59 heavy (non-hydrogen) atoms. The summed E-state index contributed by atoms with van der Waals surface area (Å²) in [6.07, 6.45) is -5.24. The number of hydrogen-bond acceptors (Lipinski definition) is 15. The van der Waals surface area contributed by atoms with Crippen LogP contribution in [0.15, 0.2) is 0 Å². The number of hydrogen-bond donors (Lipinski definition) is 6. The van der Waals surface area contributed by atoms with Crippen LogP contribution in [0.2, 0.25) is 0 Å². The van der Waals surface area contributed by atoms with Crippen LogP contribution >= 0.6 is 0 Å². The lowest BCUT2D eigenvalue weighted by Gasteiger charge is -2.65. The molecule has 0 bridgehead atoms. The third-order valence-corrected chi connectivity index (χ3v) is 17.8. The summed E-state index contributed by atoms with van der Waals surface area (Å²) in [4.78, 5) is 24.4. The van der Waals surface area contributed by atoms with E-state index in [0.29, 0.717) is 25.7 Å². The predicted molar refractivity (Wildman–Crippen MR) is 207 cm³/mol. The number of aliphatic hydroxyl groups excluding tert-OH is 5. The maximum Gasteiger partial charge on any atom is 0.303 e. The number of rotatable bonds is 8. The zero-order valence-electron chi connectivity index (χ0n) is 36.3. The van der Waals surface area contributed by atoms with Crippen LogP contribution in [0.3, 0.4) is 0 Å². The molecule has 0 unspecified atom stereocenters. The van der Waals surface area contributed by atoms with Gasteiger partial charge in [-0.1, -0.05) is 27.7 Å². The summed E-state index contributed by atoms with van der Waals surface area (Å²) in [6.45, 7) is 16.7. The second-order valence-corrected chi connectivity index (χ2v) is 21.8. The highest BCUT2D eigenvalue weighted by Crippen LogP contribution is 2.89. The van der Waals surface area contributed by atoms with Gasteiger partial charge in [-0.3, -0.25) is 9.59 Å². The quantitative estimate of drug-likeness (QED) is 0.153. The van der Waals surface area contributed by atoms with Crippen molar-refractivity contribution >= 4 is 11.9 Å². The second-order valence-electron chi connectivity index (χ2n) is 21.8. The minimum absolute atomic E-state index is 0.0659. The van der Waals surface area contributed by atoms with Crippen molar-refractivity contribution in [3.8, 4) is 0 Å². The third kappa shape index (κ3) is 6.60. The molecular formula is C44H70O15. The van der Waals surface area contributed by atoms with Crippen molar-refractivity contribution in [2.75, 3.05) is 13.2 Å². The highest BCUT2D eigenvalue weighted by molar-refractivity contribution is 5.67. The van der Waals surface area contributed by atoms with Crippen LogP contribution in [0.5, 0.6) is 0 Å². The Morgan fingerprint density at radius 2 is 1.34 bits per heavy atom. The van der Waals surface area contributed by atoms with E-state index in [1.54, 1.807) is 13.8 Å². The molecule has 8 rings (SSSR count). The van der Waals surface area contributed by atoms with E-state index in [4.69, 9.17) is 33.2 Å². The van der Waals surface area contributed by atoms with Crippen molar-refractivity contribution in [1.29, 1.82) is 0 Å². The molecule has 5 saturated carbocycles. The van der Waals surface area contributed by atoms with Crippen LogP contribution in [0.1, 0.15) is 120 Å². The smallest absolute Gasteiger partial charge is 0.303 e. The summed E-state index contributed by atoms with van der Waals surface area (Å²) >= 11 is 0. The van der Waals surface area contributed by atoms with Gasteiger partial charge in [-0.15, -0.1) is 0 Å². The molecule has 15 nitrogen and oxygen atoms in total. The molecule has 0 aromatic carbocycles. The van der Waals surface area contributed by atoms with Crippen LogP contribution in [0, 0.1) is 44.8 Å². The van der Waals surface area contributed by atoms with Crippen molar-refractivity contribution in [2.24, 2.45) is 44.8 Å². The van der Waals surface area contributed by atoms with Crippen molar-refractivity contribution < 1.29 is 73.4 Å². The largest absolute Gasteiger partial charge is 0.455 e. The standard InChI is InChI=1S/C44H70O15/c1-21(45)55-32-25(49)19-54-37(33(32)56-22(2)46)58-28-11-13-44-20-43(44)15-14-40(7)34(42(9)12-10-29(59-42)39(5,6)52)23(47)17-41(40,8)27(43)16-26(35(44)38(28,3)4)57-36-31(51)30(50)24(48)18-53-36/h23-37,47-52H,10-20H2,1-9H3/t23-,24+,25+,26-,27-,28-,29+,30-,31+,32-,33+,34-,35-,36-,37-,40+,41-,42-,43-,44+/m0/s1. The average Bonchev–Trinajstić information content (AvgIpc) is 3.49. The second kappa shape index (κ2) is 14.5. The summed E-state index contributed by atoms with van der Waals surface area (Å²) in [5.74, 6) is -1.47. The Kier molecular flexibility index (Phi) is 10.9. The molecule has 0 radical (unpaired) electrons. The Bertz CT molecular complexity index is 1630. The molecule has 5 aliphatic carbocycles. The van der Waals surface area contributed by atoms with E-state index in [2.05, 4.69) is 34.6 Å². The molecule has 3 heterocycles. The van der Waals surface area contributed by atoms with Crippen LogP contribution < -0.4 is 0 Å². The summed E-state index contributed by atoms with van der Waals surface area (Å²) in [6, 6.07) is 0. The van der Waals surface area contributed by atoms with Gasteiger partial charge in [0.15, 0.2) is 24.8 Å². The van der Waals surface area contributed by atoms with Crippen molar-refractivity contribution in [3.05, 3.63) is 0 Å². The van der Waals surface area contributed by atoms with E-state index in [9.17, 15) is 40.2 Å². The molecule has 6 N–H and O–H groups in total. The molecule has 0 amide bonds. The van der Waals surface area contributed by atoms with E-state index < -0.39 is 96.1 Å². The van der Waals surface area contributed by atoms with Gasteiger partial charge in [-0.25, -0.2) is 0 Å². The fraction of sp³-hybridized carbons (Fsp3) is 0.955. The number of fused-ring (bicyclic) bond motifs is 2. The normalized spacial score (nSPS) is 54.0. The van der Waals surface area contributed by atoms with Crippen LogP contribution in [-0.2, 0) is 42.7 Å². The van der Waals surface area contributed by atoms with Gasteiger partial charge in [-0.05, 0) is 117 Å². The van der Waals surface area contributed by atoms with Crippen molar-refractivity contribution in [3.63, 3.8) is 0 Å². The highest BCUT2D eigenvalue weighted by Gasteiger charge is 2.85. The first-order valence-electron chi connectivity index (χ1n) is 22.0. The zero-order valence-corrected chi connectivity index (χ0v) is 36.3. The lowest BCUT2D eigenvalue weighted by Crippen LogP contribution is -2.65. The van der Waals surface area contributed by atoms with Crippen LogP contribution in [0.4, 0.5) is 0 Å². The Morgan fingerprint density at radius 3 is 1.98 bits per heavy atom. The topological polar surface area (TPSA) is 220 Å². The average molecular weight is 839 g/mol. The molecule has 8 fully saturated rings. The van der Waals surface area contributed by atoms with Gasteiger partial charge in [0.05, 0.1) is 48.8 Å². The molecule has 336 valence electrons. The fourth-order valence-electron chi connectivity index (χ4n) is 15.2. The molecule has 15 heteroatoms. The number of carbonyl (C=O) groups excluding carboxylic acids is 2. The maximum atomic E-state index is 12.3. The molecule has 2 spiro atoms. The number of carbonyl (C=O) groups is 2. The lowest BCUT2D eigenvalue weighted by atomic mass is 9.41.